The Morgan fingerprint density at radius 2 is 1.63 bits per heavy atom. The molecule has 218 valence electrons. The molecule has 1 saturated carbocycles. The molecular formula is C34H28ClFN2O5. The number of carbonyl (C=O) groups is 4. The highest BCUT2D eigenvalue weighted by Gasteiger charge is 2.68. The number of carbonyl (C=O) groups excluding carboxylic acids is 4. The minimum Gasteiger partial charge on any atom is -0.505 e. The minimum absolute atomic E-state index is 0.158. The lowest BCUT2D eigenvalue weighted by Gasteiger charge is -2.49. The molecule has 7 rings (SSSR count). The molecule has 6 unspecified atom stereocenters. The number of benzene rings is 3. The van der Waals surface area contributed by atoms with Gasteiger partial charge in [-0.3, -0.25) is 19.2 Å². The third-order valence-electron chi connectivity index (χ3n) is 10.0. The highest BCUT2D eigenvalue weighted by atomic mass is 35.5. The summed E-state index contributed by atoms with van der Waals surface area (Å²) < 4.78 is 14.8. The third-order valence-corrected chi connectivity index (χ3v) is 10.4. The molecule has 4 amide bonds. The van der Waals surface area contributed by atoms with E-state index in [1.807, 2.05) is 13.0 Å². The van der Waals surface area contributed by atoms with Crippen LogP contribution in [0.5, 0.6) is 5.75 Å². The van der Waals surface area contributed by atoms with Gasteiger partial charge >= 0.3 is 0 Å². The van der Waals surface area contributed by atoms with Crippen molar-refractivity contribution in [2.45, 2.75) is 32.6 Å². The van der Waals surface area contributed by atoms with E-state index in [4.69, 9.17) is 11.6 Å². The first-order valence-corrected chi connectivity index (χ1v) is 14.7. The van der Waals surface area contributed by atoms with Crippen molar-refractivity contribution in [3.63, 3.8) is 0 Å². The SMILES string of the molecule is Cc1ccc(N2C(=O)C3CC=C4C(CC5C(=O)N(c6ccccc6)C(=O)C5(C)C4c4cccc(F)c4O)C3C2=O)cc1Cl. The fraction of sp³-hybridized carbons (Fsp3) is 0.294. The zero-order valence-corrected chi connectivity index (χ0v) is 24.2. The van der Waals surface area contributed by atoms with Gasteiger partial charge in [0, 0.05) is 16.5 Å². The Kier molecular flexibility index (Phi) is 6.15. The number of halogens is 2. The molecule has 9 heteroatoms. The van der Waals surface area contributed by atoms with E-state index in [1.165, 1.54) is 15.9 Å². The van der Waals surface area contributed by atoms with Crippen LogP contribution in [0.3, 0.4) is 0 Å². The standard InChI is InChI=1S/C34H28ClFN2O5/c1-17-11-12-19(15-25(17)35)37-30(40)21-14-13-20-23(27(21)32(37)42)16-24-31(41)38(18-7-4-3-5-8-18)33(43)34(24,2)28(20)22-9-6-10-26(36)29(22)39/h3-13,15,21,23-24,27-28,39H,14,16H2,1-2H3. The molecular weight excluding hydrogens is 571 g/mol. The average Bonchev–Trinajstić information content (AvgIpc) is 3.36. The summed E-state index contributed by atoms with van der Waals surface area (Å²) >= 11 is 6.35. The van der Waals surface area contributed by atoms with Gasteiger partial charge in [-0.2, -0.15) is 0 Å². The fourth-order valence-electron chi connectivity index (χ4n) is 7.92. The molecule has 4 aliphatic rings. The molecule has 0 radical (unpaired) electrons. The molecule has 2 heterocycles. The summed E-state index contributed by atoms with van der Waals surface area (Å²) in [6.45, 7) is 3.52. The molecule has 1 N–H and O–H groups in total. The zero-order chi connectivity index (χ0) is 30.4. The van der Waals surface area contributed by atoms with E-state index in [0.29, 0.717) is 22.0 Å². The third kappa shape index (κ3) is 3.72. The first-order valence-electron chi connectivity index (χ1n) is 14.3. The van der Waals surface area contributed by atoms with Gasteiger partial charge in [-0.05, 0) is 68.5 Å². The summed E-state index contributed by atoms with van der Waals surface area (Å²) in [5.41, 5.74) is 1.08. The van der Waals surface area contributed by atoms with Crippen molar-refractivity contribution in [3.8, 4) is 5.75 Å². The van der Waals surface area contributed by atoms with Crippen LogP contribution in [0.2, 0.25) is 5.02 Å². The second-order valence-corrected chi connectivity index (χ2v) is 12.5. The van der Waals surface area contributed by atoms with Gasteiger partial charge < -0.3 is 5.11 Å². The maximum absolute atomic E-state index is 14.8. The molecule has 0 spiro atoms. The van der Waals surface area contributed by atoms with Crippen LogP contribution >= 0.6 is 11.6 Å². The highest BCUT2D eigenvalue weighted by Crippen LogP contribution is 2.64. The quantitative estimate of drug-likeness (QED) is 0.298. The van der Waals surface area contributed by atoms with Gasteiger partial charge in [-0.1, -0.05) is 59.6 Å². The van der Waals surface area contributed by atoms with E-state index >= 15 is 0 Å². The predicted molar refractivity (Wildman–Crippen MR) is 158 cm³/mol. The molecule has 7 nitrogen and oxygen atoms in total. The molecule has 43 heavy (non-hydrogen) atoms. The largest absolute Gasteiger partial charge is 0.505 e. The molecule has 2 aliphatic carbocycles. The summed E-state index contributed by atoms with van der Waals surface area (Å²) in [5, 5.41) is 11.4. The Balaban J connectivity index is 1.38. The number of amides is 4. The highest BCUT2D eigenvalue weighted by molar-refractivity contribution is 6.32. The minimum atomic E-state index is -1.37. The van der Waals surface area contributed by atoms with Gasteiger partial charge in [0.15, 0.2) is 11.6 Å². The maximum atomic E-state index is 14.8. The molecule has 3 aromatic carbocycles. The van der Waals surface area contributed by atoms with Gasteiger partial charge in [0.2, 0.25) is 23.6 Å². The number of hydrogen-bond acceptors (Lipinski definition) is 5. The van der Waals surface area contributed by atoms with Gasteiger partial charge in [-0.25, -0.2) is 14.2 Å². The number of nitrogens with zero attached hydrogens (tertiary/aromatic N) is 2. The van der Waals surface area contributed by atoms with Crippen molar-refractivity contribution in [1.82, 2.24) is 0 Å². The van der Waals surface area contributed by atoms with Crippen LogP contribution in [0.1, 0.15) is 36.8 Å². The molecule has 0 bridgehead atoms. The number of fused-ring (bicyclic) bond motifs is 4. The molecule has 6 atom stereocenters. The van der Waals surface area contributed by atoms with Crippen molar-refractivity contribution in [3.05, 3.63) is 100 Å². The van der Waals surface area contributed by atoms with Crippen molar-refractivity contribution in [1.29, 1.82) is 0 Å². The molecule has 2 aliphatic heterocycles. The summed E-state index contributed by atoms with van der Waals surface area (Å²) in [5.74, 6) is -6.86. The number of aryl methyl sites for hydroxylation is 1. The van der Waals surface area contributed by atoms with Crippen LogP contribution in [0.4, 0.5) is 15.8 Å². The van der Waals surface area contributed by atoms with Gasteiger partial charge in [-0.15, -0.1) is 0 Å². The van der Waals surface area contributed by atoms with E-state index in [-0.39, 0.29) is 24.3 Å². The maximum Gasteiger partial charge on any atom is 0.241 e. The van der Waals surface area contributed by atoms with Crippen molar-refractivity contribution < 1.29 is 28.7 Å². The Morgan fingerprint density at radius 1 is 0.884 bits per heavy atom. The van der Waals surface area contributed by atoms with E-state index in [9.17, 15) is 28.7 Å². The van der Waals surface area contributed by atoms with Crippen molar-refractivity contribution in [2.24, 2.45) is 29.1 Å². The monoisotopic (exact) mass is 598 g/mol. The van der Waals surface area contributed by atoms with Crippen LogP contribution in [-0.2, 0) is 19.2 Å². The van der Waals surface area contributed by atoms with Gasteiger partial charge in [0.05, 0.1) is 34.5 Å². The predicted octanol–water partition coefficient (Wildman–Crippen LogP) is 5.93. The molecule has 0 aromatic heterocycles. The Hall–Kier alpha value is -4.30. The second-order valence-electron chi connectivity index (χ2n) is 12.1. The smallest absolute Gasteiger partial charge is 0.241 e. The summed E-state index contributed by atoms with van der Waals surface area (Å²) in [4.78, 5) is 58.7. The van der Waals surface area contributed by atoms with Crippen LogP contribution in [-0.4, -0.2) is 28.7 Å². The topological polar surface area (TPSA) is 95.0 Å². The molecule has 3 fully saturated rings. The lowest BCUT2D eigenvalue weighted by Crippen LogP contribution is -2.49. The summed E-state index contributed by atoms with van der Waals surface area (Å²) in [6, 6.07) is 17.8. The van der Waals surface area contributed by atoms with Gasteiger partial charge in [0.25, 0.3) is 0 Å². The number of para-hydroxylation sites is 2. The number of aromatic hydroxyl groups is 1. The first-order chi connectivity index (χ1) is 20.6. The Morgan fingerprint density at radius 3 is 2.35 bits per heavy atom. The number of hydrogen-bond donors (Lipinski definition) is 1. The number of phenolic OH excluding ortho intramolecular Hbond substituents is 1. The average molecular weight is 599 g/mol. The lowest BCUT2D eigenvalue weighted by molar-refractivity contribution is -0.131. The second kappa shape index (κ2) is 9.61. The summed E-state index contributed by atoms with van der Waals surface area (Å²) in [7, 11) is 0. The number of rotatable bonds is 3. The normalized spacial score (nSPS) is 29.9. The van der Waals surface area contributed by atoms with Crippen molar-refractivity contribution in [2.75, 3.05) is 9.80 Å². The van der Waals surface area contributed by atoms with E-state index in [2.05, 4.69) is 0 Å². The van der Waals surface area contributed by atoms with Crippen LogP contribution < -0.4 is 9.80 Å². The zero-order valence-electron chi connectivity index (χ0n) is 23.5. The van der Waals surface area contributed by atoms with E-state index in [0.717, 1.165) is 11.6 Å². The van der Waals surface area contributed by atoms with Crippen LogP contribution in [0.25, 0.3) is 0 Å². The fourth-order valence-corrected chi connectivity index (χ4v) is 8.10. The van der Waals surface area contributed by atoms with Crippen LogP contribution in [0, 0.1) is 41.8 Å². The Bertz CT molecular complexity index is 1770. The van der Waals surface area contributed by atoms with Crippen molar-refractivity contribution >= 4 is 46.6 Å². The van der Waals surface area contributed by atoms with Gasteiger partial charge in [0.1, 0.15) is 0 Å². The number of imide groups is 2. The lowest BCUT2D eigenvalue weighted by atomic mass is 9.51. The molecule has 2 saturated heterocycles. The van der Waals surface area contributed by atoms with E-state index in [1.54, 1.807) is 61.5 Å². The number of allylic oxidation sites excluding steroid dienone is 2. The van der Waals surface area contributed by atoms with Crippen LogP contribution in [0.15, 0.2) is 78.4 Å². The van der Waals surface area contributed by atoms with E-state index < -0.39 is 64.3 Å². The first kappa shape index (κ1) is 27.5. The Labute approximate surface area is 252 Å². The summed E-state index contributed by atoms with van der Waals surface area (Å²) in [6.07, 6.45) is 2.25. The number of anilines is 2. The number of phenols is 1. The molecule has 3 aromatic rings.